The van der Waals surface area contributed by atoms with E-state index in [1.54, 1.807) is 24.3 Å². The standard InChI is InChI=1S/C22H25N5O2S/c28-30(29)20-10-6-9-19(15-20)26-22-24-16-18(12-11-17-7-2-1-3-8-17)21(27-22)23-13-4-5-14-25-30/h1-3,6-10,15-16,25H,4-5,11-14H2,(H2,23,24,26,27). The van der Waals surface area contributed by atoms with Crippen molar-refractivity contribution >= 4 is 27.5 Å². The third kappa shape index (κ3) is 5.14. The molecule has 1 aliphatic heterocycles. The Kier molecular flexibility index (Phi) is 6.25. The summed E-state index contributed by atoms with van der Waals surface area (Å²) in [6.07, 6.45) is 5.15. The molecule has 3 aromatic rings. The molecule has 4 rings (SSSR count). The van der Waals surface area contributed by atoms with Crippen LogP contribution in [0.25, 0.3) is 0 Å². The van der Waals surface area contributed by atoms with Crippen molar-refractivity contribution in [3.8, 4) is 0 Å². The van der Waals surface area contributed by atoms with Crippen molar-refractivity contribution in [2.75, 3.05) is 23.7 Å². The second kappa shape index (κ2) is 9.23. The first-order valence-electron chi connectivity index (χ1n) is 10.1. The fraction of sp³-hybridized carbons (Fsp3) is 0.273. The summed E-state index contributed by atoms with van der Waals surface area (Å²) >= 11 is 0. The van der Waals surface area contributed by atoms with Crippen LogP contribution in [0.5, 0.6) is 0 Å². The first kappa shape index (κ1) is 20.3. The molecule has 30 heavy (non-hydrogen) atoms. The third-order valence-electron chi connectivity index (χ3n) is 4.98. The van der Waals surface area contributed by atoms with Gasteiger partial charge in [-0.05, 0) is 49.4 Å². The highest BCUT2D eigenvalue weighted by Gasteiger charge is 2.15. The Labute approximate surface area is 177 Å². The predicted molar refractivity (Wildman–Crippen MR) is 119 cm³/mol. The Balaban J connectivity index is 1.60. The van der Waals surface area contributed by atoms with Gasteiger partial charge in [0.15, 0.2) is 0 Å². The van der Waals surface area contributed by atoms with Gasteiger partial charge in [0.1, 0.15) is 5.82 Å². The second-order valence-electron chi connectivity index (χ2n) is 7.24. The molecule has 0 amide bonds. The molecule has 0 unspecified atom stereocenters. The molecule has 0 atom stereocenters. The maximum atomic E-state index is 12.5. The fourth-order valence-corrected chi connectivity index (χ4v) is 4.46. The summed E-state index contributed by atoms with van der Waals surface area (Å²) in [7, 11) is -3.53. The van der Waals surface area contributed by atoms with E-state index in [1.165, 1.54) is 5.56 Å². The fourth-order valence-electron chi connectivity index (χ4n) is 3.34. The molecule has 0 saturated heterocycles. The Hall–Kier alpha value is -2.97. The zero-order valence-corrected chi connectivity index (χ0v) is 17.5. The van der Waals surface area contributed by atoms with Crippen molar-refractivity contribution in [2.45, 2.75) is 30.6 Å². The minimum absolute atomic E-state index is 0.224. The molecule has 0 radical (unpaired) electrons. The number of fused-ring (bicyclic) bond motifs is 4. The van der Waals surface area contributed by atoms with Crippen LogP contribution in [0.3, 0.4) is 0 Å². The lowest BCUT2D eigenvalue weighted by Crippen LogP contribution is -2.25. The highest BCUT2D eigenvalue weighted by Crippen LogP contribution is 2.22. The number of anilines is 3. The van der Waals surface area contributed by atoms with Crippen molar-refractivity contribution in [3.63, 3.8) is 0 Å². The van der Waals surface area contributed by atoms with Gasteiger partial charge in [-0.25, -0.2) is 18.1 Å². The average molecular weight is 424 g/mol. The number of sulfonamides is 1. The van der Waals surface area contributed by atoms with Crippen LogP contribution in [0.4, 0.5) is 17.5 Å². The number of hydrogen-bond acceptors (Lipinski definition) is 6. The van der Waals surface area contributed by atoms with Crippen LogP contribution in [0.2, 0.25) is 0 Å². The zero-order valence-electron chi connectivity index (χ0n) is 16.6. The Morgan fingerprint density at radius 1 is 0.933 bits per heavy atom. The molecule has 4 bridgehead atoms. The molecule has 156 valence electrons. The number of benzene rings is 2. The summed E-state index contributed by atoms with van der Waals surface area (Å²) < 4.78 is 27.6. The van der Waals surface area contributed by atoms with E-state index in [9.17, 15) is 8.42 Å². The van der Waals surface area contributed by atoms with Crippen molar-refractivity contribution in [1.82, 2.24) is 14.7 Å². The van der Waals surface area contributed by atoms with Crippen LogP contribution in [0.1, 0.15) is 24.0 Å². The smallest absolute Gasteiger partial charge is 0.240 e. The highest BCUT2D eigenvalue weighted by molar-refractivity contribution is 7.89. The number of rotatable bonds is 3. The van der Waals surface area contributed by atoms with Gasteiger partial charge in [0.25, 0.3) is 0 Å². The molecule has 0 aliphatic carbocycles. The minimum atomic E-state index is -3.53. The maximum Gasteiger partial charge on any atom is 0.240 e. The minimum Gasteiger partial charge on any atom is -0.370 e. The van der Waals surface area contributed by atoms with Gasteiger partial charge in [0, 0.05) is 30.5 Å². The second-order valence-corrected chi connectivity index (χ2v) is 9.00. The number of nitrogens with zero attached hydrogens (tertiary/aromatic N) is 2. The van der Waals surface area contributed by atoms with Gasteiger partial charge in [-0.3, -0.25) is 0 Å². The molecule has 0 spiro atoms. The molecule has 1 aromatic heterocycles. The Morgan fingerprint density at radius 2 is 1.77 bits per heavy atom. The van der Waals surface area contributed by atoms with Gasteiger partial charge < -0.3 is 10.6 Å². The van der Waals surface area contributed by atoms with Gasteiger partial charge in [-0.1, -0.05) is 36.4 Å². The monoisotopic (exact) mass is 423 g/mol. The summed E-state index contributed by atoms with van der Waals surface area (Å²) in [5, 5.41) is 6.52. The number of aryl methyl sites for hydroxylation is 2. The summed E-state index contributed by atoms with van der Waals surface area (Å²) in [6, 6.07) is 17.0. The third-order valence-corrected chi connectivity index (χ3v) is 6.44. The van der Waals surface area contributed by atoms with Gasteiger partial charge in [-0.15, -0.1) is 0 Å². The first-order chi connectivity index (χ1) is 14.6. The molecule has 2 aromatic carbocycles. The van der Waals surface area contributed by atoms with Crippen LogP contribution in [0.15, 0.2) is 65.7 Å². The van der Waals surface area contributed by atoms with Crippen molar-refractivity contribution in [2.24, 2.45) is 0 Å². The Bertz CT molecular complexity index is 1100. The van der Waals surface area contributed by atoms with Crippen LogP contribution < -0.4 is 15.4 Å². The number of hydrogen-bond donors (Lipinski definition) is 3. The van der Waals surface area contributed by atoms with E-state index < -0.39 is 10.0 Å². The quantitative estimate of drug-likeness (QED) is 0.597. The lowest BCUT2D eigenvalue weighted by molar-refractivity contribution is 0.577. The van der Waals surface area contributed by atoms with Crippen LogP contribution in [0, 0.1) is 0 Å². The van der Waals surface area contributed by atoms with Crippen LogP contribution in [-0.2, 0) is 22.9 Å². The summed E-state index contributed by atoms with van der Waals surface area (Å²) in [6.45, 7) is 1.11. The number of nitrogens with one attached hydrogen (secondary N) is 3. The largest absolute Gasteiger partial charge is 0.370 e. The van der Waals surface area contributed by atoms with Crippen LogP contribution in [-0.4, -0.2) is 31.5 Å². The molecule has 0 saturated carbocycles. The maximum absolute atomic E-state index is 12.5. The highest BCUT2D eigenvalue weighted by atomic mass is 32.2. The van der Waals surface area contributed by atoms with E-state index in [0.717, 1.165) is 37.1 Å². The van der Waals surface area contributed by atoms with E-state index in [0.29, 0.717) is 24.7 Å². The molecule has 7 nitrogen and oxygen atoms in total. The molecule has 8 heteroatoms. The molecule has 2 heterocycles. The topological polar surface area (TPSA) is 96.0 Å². The first-order valence-corrected chi connectivity index (χ1v) is 11.6. The van der Waals surface area contributed by atoms with E-state index >= 15 is 0 Å². The van der Waals surface area contributed by atoms with Crippen molar-refractivity contribution in [1.29, 1.82) is 0 Å². The Morgan fingerprint density at radius 3 is 2.63 bits per heavy atom. The van der Waals surface area contributed by atoms with Gasteiger partial charge in [0.05, 0.1) is 4.90 Å². The molecular formula is C22H25N5O2S. The summed E-state index contributed by atoms with van der Waals surface area (Å²) in [4.78, 5) is 9.34. The van der Waals surface area contributed by atoms with Crippen LogP contribution >= 0.6 is 0 Å². The van der Waals surface area contributed by atoms with Crippen molar-refractivity contribution in [3.05, 3.63) is 71.9 Å². The zero-order chi connectivity index (χ0) is 20.8. The molecule has 1 aliphatic rings. The van der Waals surface area contributed by atoms with Gasteiger partial charge in [-0.2, -0.15) is 4.98 Å². The normalized spacial score (nSPS) is 16.0. The van der Waals surface area contributed by atoms with E-state index in [4.69, 9.17) is 0 Å². The molecular weight excluding hydrogens is 398 g/mol. The van der Waals surface area contributed by atoms with Gasteiger partial charge in [0.2, 0.25) is 16.0 Å². The lowest BCUT2D eigenvalue weighted by Gasteiger charge is -2.15. The lowest BCUT2D eigenvalue weighted by atomic mass is 10.1. The van der Waals surface area contributed by atoms with E-state index in [2.05, 4.69) is 37.5 Å². The summed E-state index contributed by atoms with van der Waals surface area (Å²) in [5.74, 6) is 1.25. The predicted octanol–water partition coefficient (Wildman–Crippen LogP) is 3.49. The van der Waals surface area contributed by atoms with E-state index in [-0.39, 0.29) is 4.90 Å². The molecule has 3 N–H and O–H groups in total. The SMILES string of the molecule is O=S1(=O)NCCCCNc2nc(ncc2CCc2ccccc2)Nc2cccc1c2. The number of aromatic nitrogens is 2. The van der Waals surface area contributed by atoms with E-state index in [1.807, 2.05) is 24.4 Å². The van der Waals surface area contributed by atoms with Gasteiger partial charge >= 0.3 is 0 Å². The summed E-state index contributed by atoms with van der Waals surface area (Å²) in [5.41, 5.74) is 2.96. The molecule has 0 fully saturated rings. The van der Waals surface area contributed by atoms with Crippen molar-refractivity contribution < 1.29 is 8.42 Å². The average Bonchev–Trinajstić information content (AvgIpc) is 2.76.